The normalized spacial score (nSPS) is 26.4. The summed E-state index contributed by atoms with van der Waals surface area (Å²) in [6.45, 7) is 9.61. The van der Waals surface area contributed by atoms with Crippen LogP contribution < -0.4 is 0 Å². The van der Waals surface area contributed by atoms with Gasteiger partial charge in [-0.1, -0.05) is 13.8 Å². The van der Waals surface area contributed by atoms with Crippen LogP contribution in [0.15, 0.2) is 0 Å². The first-order valence-corrected chi connectivity index (χ1v) is 7.40. The monoisotopic (exact) mass is 269 g/mol. The molecule has 2 bridgehead atoms. The van der Waals surface area contributed by atoms with Gasteiger partial charge in [-0.25, -0.2) is 4.79 Å². The Morgan fingerprint density at radius 2 is 1.63 bits per heavy atom. The lowest BCUT2D eigenvalue weighted by Crippen LogP contribution is -2.56. The highest BCUT2D eigenvalue weighted by Gasteiger charge is 2.41. The van der Waals surface area contributed by atoms with E-state index in [1.807, 2.05) is 39.5 Å². The van der Waals surface area contributed by atoms with E-state index in [-0.39, 0.29) is 18.2 Å². The van der Waals surface area contributed by atoms with Crippen LogP contribution >= 0.6 is 0 Å². The van der Waals surface area contributed by atoms with Crippen molar-refractivity contribution in [3.05, 3.63) is 0 Å². The fraction of sp³-hybridized carbons (Fsp3) is 0.867. The van der Waals surface area contributed by atoms with Crippen molar-refractivity contribution in [2.24, 2.45) is 0 Å². The molecule has 2 aliphatic rings. The average molecular weight is 269 g/mol. The lowest BCUT2D eigenvalue weighted by molar-refractivity contribution is -0.126. The van der Waals surface area contributed by atoms with Crippen LogP contribution in [0.1, 0.15) is 66.7 Å². The van der Waals surface area contributed by atoms with Gasteiger partial charge in [-0.05, 0) is 40.0 Å². The molecule has 0 N–H and O–H groups in total. The molecule has 1 amide bonds. The van der Waals surface area contributed by atoms with Gasteiger partial charge < -0.3 is 9.64 Å². The van der Waals surface area contributed by atoms with E-state index < -0.39 is 5.60 Å². The molecule has 0 aromatic rings. The van der Waals surface area contributed by atoms with Crippen LogP contribution in [0.5, 0.6) is 0 Å². The van der Waals surface area contributed by atoms with Crippen molar-refractivity contribution in [1.29, 1.82) is 0 Å². The van der Waals surface area contributed by atoms with Crippen LogP contribution in [0.4, 0.5) is 4.79 Å². The minimum atomic E-state index is -0.465. The van der Waals surface area contributed by atoms with E-state index in [1.54, 1.807) is 0 Å². The second-order valence-corrected chi connectivity index (χ2v) is 6.07. The molecule has 0 aromatic heterocycles. The van der Waals surface area contributed by atoms with Gasteiger partial charge in [-0.2, -0.15) is 0 Å². The van der Waals surface area contributed by atoms with Gasteiger partial charge in [-0.3, -0.25) is 4.79 Å². The summed E-state index contributed by atoms with van der Waals surface area (Å²) in [6, 6.07) is 0.148. The van der Waals surface area contributed by atoms with Crippen molar-refractivity contribution in [2.45, 2.75) is 84.4 Å². The molecule has 4 heteroatoms. The molecule has 2 heterocycles. The van der Waals surface area contributed by atoms with Crippen molar-refractivity contribution in [1.82, 2.24) is 4.90 Å². The topological polar surface area (TPSA) is 46.6 Å². The summed E-state index contributed by atoms with van der Waals surface area (Å²) in [4.78, 5) is 25.5. The number of nitrogens with zero attached hydrogens (tertiary/aromatic N) is 1. The molecule has 0 aromatic carbocycles. The molecule has 2 fully saturated rings. The highest BCUT2D eigenvalue weighted by molar-refractivity contribution is 5.83. The number of carbonyl (C=O) groups excluding carboxylic acids is 2. The first kappa shape index (κ1) is 16.0. The molecule has 0 radical (unpaired) electrons. The minimum absolute atomic E-state index is 0.0739. The van der Waals surface area contributed by atoms with Crippen LogP contribution in [0, 0.1) is 0 Å². The molecule has 2 atom stereocenters. The predicted octanol–water partition coefficient (Wildman–Crippen LogP) is 3.53. The third kappa shape index (κ3) is 4.22. The van der Waals surface area contributed by atoms with Gasteiger partial charge in [0.1, 0.15) is 11.4 Å². The summed E-state index contributed by atoms with van der Waals surface area (Å²) in [5, 5.41) is 0. The molecule has 0 saturated carbocycles. The second kappa shape index (κ2) is 6.40. The van der Waals surface area contributed by atoms with Crippen LogP contribution in [0.3, 0.4) is 0 Å². The third-order valence-corrected chi connectivity index (χ3v) is 3.39. The number of fused-ring (bicyclic) bond motifs is 2. The van der Waals surface area contributed by atoms with E-state index in [1.165, 1.54) is 0 Å². The largest absolute Gasteiger partial charge is 0.444 e. The zero-order chi connectivity index (χ0) is 14.6. The van der Waals surface area contributed by atoms with Gasteiger partial charge in [0.15, 0.2) is 0 Å². The smallest absolute Gasteiger partial charge is 0.410 e. The Morgan fingerprint density at radius 1 is 1.16 bits per heavy atom. The lowest BCUT2D eigenvalue weighted by atomic mass is 9.84. The fourth-order valence-corrected chi connectivity index (χ4v) is 2.79. The van der Waals surface area contributed by atoms with Gasteiger partial charge >= 0.3 is 6.09 Å². The van der Waals surface area contributed by atoms with E-state index in [2.05, 4.69) is 0 Å². The Morgan fingerprint density at radius 3 is 2.05 bits per heavy atom. The minimum Gasteiger partial charge on any atom is -0.444 e. The lowest BCUT2D eigenvalue weighted by Gasteiger charge is -2.45. The quantitative estimate of drug-likeness (QED) is 0.676. The van der Waals surface area contributed by atoms with Gasteiger partial charge in [0.05, 0.1) is 0 Å². The Balaban J connectivity index is 0.000000861. The van der Waals surface area contributed by atoms with Crippen molar-refractivity contribution in [2.75, 3.05) is 0 Å². The first-order valence-electron chi connectivity index (χ1n) is 7.40. The van der Waals surface area contributed by atoms with Crippen molar-refractivity contribution >= 4 is 11.9 Å². The van der Waals surface area contributed by atoms with Crippen molar-refractivity contribution in [3.8, 4) is 0 Å². The van der Waals surface area contributed by atoms with E-state index in [4.69, 9.17) is 4.74 Å². The molecule has 2 rings (SSSR count). The summed E-state index contributed by atoms with van der Waals surface area (Å²) in [7, 11) is 0. The summed E-state index contributed by atoms with van der Waals surface area (Å²) in [5.74, 6) is 0.291. The zero-order valence-corrected chi connectivity index (χ0v) is 12.9. The Labute approximate surface area is 116 Å². The number of piperidine rings is 2. The maximum Gasteiger partial charge on any atom is 0.410 e. The Kier molecular flexibility index (Phi) is 5.39. The maximum absolute atomic E-state index is 12.1. The number of amides is 1. The number of Topliss-reactive ketones (excluding diaryl/α,β-unsaturated/α-hetero) is 1. The second-order valence-electron chi connectivity index (χ2n) is 6.07. The molecular weight excluding hydrogens is 242 g/mol. The fourth-order valence-electron chi connectivity index (χ4n) is 2.79. The van der Waals surface area contributed by atoms with Gasteiger partial charge in [-0.15, -0.1) is 0 Å². The van der Waals surface area contributed by atoms with Gasteiger partial charge in [0.25, 0.3) is 0 Å². The molecule has 19 heavy (non-hydrogen) atoms. The van der Waals surface area contributed by atoms with E-state index >= 15 is 0 Å². The molecule has 110 valence electrons. The van der Waals surface area contributed by atoms with E-state index in [0.717, 1.165) is 19.3 Å². The SMILES string of the molecule is CC.CC(C)(C)OC(=O)N1C2CCCC1CC(=O)C2. The number of carbonyl (C=O) groups is 2. The summed E-state index contributed by atoms with van der Waals surface area (Å²) in [5.41, 5.74) is -0.465. The summed E-state index contributed by atoms with van der Waals surface area (Å²) >= 11 is 0. The Hall–Kier alpha value is -1.06. The average Bonchev–Trinajstić information content (AvgIpc) is 2.27. The molecule has 2 saturated heterocycles. The number of ether oxygens (including phenoxy) is 1. The predicted molar refractivity (Wildman–Crippen MR) is 75.1 cm³/mol. The molecular formula is C15H27NO3. The number of ketones is 1. The highest BCUT2D eigenvalue weighted by Crippen LogP contribution is 2.33. The number of rotatable bonds is 0. The summed E-state index contributed by atoms with van der Waals surface area (Å²) < 4.78 is 5.42. The number of hydrogen-bond donors (Lipinski definition) is 0. The molecule has 2 unspecified atom stereocenters. The van der Waals surface area contributed by atoms with E-state index in [0.29, 0.717) is 18.6 Å². The van der Waals surface area contributed by atoms with Crippen LogP contribution in [0.25, 0.3) is 0 Å². The van der Waals surface area contributed by atoms with Crippen molar-refractivity contribution < 1.29 is 14.3 Å². The number of hydrogen-bond acceptors (Lipinski definition) is 3. The van der Waals surface area contributed by atoms with Gasteiger partial charge in [0, 0.05) is 24.9 Å². The maximum atomic E-state index is 12.1. The zero-order valence-electron chi connectivity index (χ0n) is 12.9. The first-order chi connectivity index (χ1) is 8.87. The van der Waals surface area contributed by atoms with Gasteiger partial charge in [0.2, 0.25) is 0 Å². The standard InChI is InChI=1S/C13H21NO3.C2H6/c1-13(2,3)17-12(16)14-9-5-4-6-10(14)8-11(15)7-9;1-2/h9-10H,4-8H2,1-3H3;1-2H3. The van der Waals surface area contributed by atoms with Crippen molar-refractivity contribution in [3.63, 3.8) is 0 Å². The molecule has 0 aliphatic carbocycles. The molecule has 0 spiro atoms. The summed E-state index contributed by atoms with van der Waals surface area (Å²) in [6.07, 6.45) is 3.75. The molecule has 4 nitrogen and oxygen atoms in total. The van der Waals surface area contributed by atoms with E-state index in [9.17, 15) is 9.59 Å². The van der Waals surface area contributed by atoms with Crippen LogP contribution in [-0.2, 0) is 9.53 Å². The van der Waals surface area contributed by atoms with Crippen LogP contribution in [-0.4, -0.2) is 34.5 Å². The highest BCUT2D eigenvalue weighted by atomic mass is 16.6. The van der Waals surface area contributed by atoms with Crippen LogP contribution in [0.2, 0.25) is 0 Å². The Bertz CT molecular complexity index is 317. The third-order valence-electron chi connectivity index (χ3n) is 3.39. The molecule has 2 aliphatic heterocycles.